The van der Waals surface area contributed by atoms with Crippen molar-refractivity contribution in [3.05, 3.63) is 22.2 Å². The van der Waals surface area contributed by atoms with E-state index in [0.717, 1.165) is 6.42 Å². The fraction of sp³-hybridized carbons (Fsp3) is 0.667. The van der Waals surface area contributed by atoms with E-state index in [1.54, 1.807) is 0 Å². The number of nitrogens with one attached hydrogen (secondary N) is 1. The van der Waals surface area contributed by atoms with Crippen LogP contribution in [0.15, 0.2) is 10.9 Å². The molecule has 0 unspecified atom stereocenters. The zero-order valence-corrected chi connectivity index (χ0v) is 10.4. The molecular weight excluding hydrogens is 204 g/mol. The summed E-state index contributed by atoms with van der Waals surface area (Å²) in [5.74, 6) is 1.88. The largest absolute Gasteiger partial charge is 0.477 e. The predicted molar refractivity (Wildman–Crippen MR) is 63.9 cm³/mol. The quantitative estimate of drug-likeness (QED) is 0.835. The first-order valence-corrected chi connectivity index (χ1v) is 5.73. The SMILES string of the molecule is CC(C)CCOc1cc(=O)[nH]c(C(C)C)n1. The van der Waals surface area contributed by atoms with E-state index in [-0.39, 0.29) is 11.5 Å². The smallest absolute Gasteiger partial charge is 0.254 e. The highest BCUT2D eigenvalue weighted by Crippen LogP contribution is 2.11. The Labute approximate surface area is 96.1 Å². The van der Waals surface area contributed by atoms with Crippen LogP contribution in [0.3, 0.4) is 0 Å². The number of rotatable bonds is 5. The zero-order chi connectivity index (χ0) is 12.1. The highest BCUT2D eigenvalue weighted by atomic mass is 16.5. The van der Waals surface area contributed by atoms with E-state index >= 15 is 0 Å². The first-order valence-electron chi connectivity index (χ1n) is 5.73. The topological polar surface area (TPSA) is 55.0 Å². The number of H-pyrrole nitrogens is 1. The highest BCUT2D eigenvalue weighted by molar-refractivity contribution is 5.10. The Kier molecular flexibility index (Phi) is 4.52. The Morgan fingerprint density at radius 3 is 2.62 bits per heavy atom. The lowest BCUT2D eigenvalue weighted by molar-refractivity contribution is 0.277. The van der Waals surface area contributed by atoms with Gasteiger partial charge < -0.3 is 9.72 Å². The predicted octanol–water partition coefficient (Wildman–Crippen LogP) is 2.32. The second-order valence-corrected chi connectivity index (χ2v) is 4.65. The van der Waals surface area contributed by atoms with Crippen molar-refractivity contribution in [3.8, 4) is 5.88 Å². The van der Waals surface area contributed by atoms with Gasteiger partial charge in [-0.15, -0.1) is 0 Å². The second-order valence-electron chi connectivity index (χ2n) is 4.65. The molecule has 4 nitrogen and oxygen atoms in total. The molecule has 1 aromatic heterocycles. The van der Waals surface area contributed by atoms with Gasteiger partial charge in [-0.2, -0.15) is 4.98 Å². The minimum absolute atomic E-state index is 0.154. The van der Waals surface area contributed by atoms with E-state index in [2.05, 4.69) is 23.8 Å². The molecule has 0 aliphatic rings. The van der Waals surface area contributed by atoms with Crippen LogP contribution in [0.1, 0.15) is 45.9 Å². The van der Waals surface area contributed by atoms with Crippen LogP contribution < -0.4 is 10.3 Å². The van der Waals surface area contributed by atoms with Crippen molar-refractivity contribution in [2.24, 2.45) is 5.92 Å². The van der Waals surface area contributed by atoms with Crippen molar-refractivity contribution in [2.45, 2.75) is 40.0 Å². The molecule has 0 radical (unpaired) electrons. The maximum absolute atomic E-state index is 11.3. The van der Waals surface area contributed by atoms with Crippen molar-refractivity contribution in [3.63, 3.8) is 0 Å². The molecule has 90 valence electrons. The molecule has 4 heteroatoms. The molecule has 0 atom stereocenters. The summed E-state index contributed by atoms with van der Waals surface area (Å²) in [5.41, 5.74) is -0.154. The van der Waals surface area contributed by atoms with Crippen molar-refractivity contribution < 1.29 is 4.74 Å². The van der Waals surface area contributed by atoms with Crippen LogP contribution in [-0.2, 0) is 0 Å². The molecule has 16 heavy (non-hydrogen) atoms. The minimum atomic E-state index is -0.154. The van der Waals surface area contributed by atoms with Crippen LogP contribution in [0, 0.1) is 5.92 Å². The average molecular weight is 224 g/mol. The number of nitrogens with zero attached hydrogens (tertiary/aromatic N) is 1. The monoisotopic (exact) mass is 224 g/mol. The van der Waals surface area contributed by atoms with E-state index in [1.165, 1.54) is 6.07 Å². The van der Waals surface area contributed by atoms with E-state index in [9.17, 15) is 4.79 Å². The molecule has 0 aromatic carbocycles. The Balaban J connectivity index is 2.69. The van der Waals surface area contributed by atoms with Gasteiger partial charge in [0, 0.05) is 5.92 Å². The van der Waals surface area contributed by atoms with Gasteiger partial charge >= 0.3 is 0 Å². The third-order valence-corrected chi connectivity index (χ3v) is 2.23. The van der Waals surface area contributed by atoms with Crippen LogP contribution in [0.2, 0.25) is 0 Å². The average Bonchev–Trinajstić information content (AvgIpc) is 2.16. The number of hydrogen-bond donors (Lipinski definition) is 1. The maximum Gasteiger partial charge on any atom is 0.254 e. The molecule has 1 aromatic rings. The number of hydrogen-bond acceptors (Lipinski definition) is 3. The van der Waals surface area contributed by atoms with Gasteiger partial charge in [0.15, 0.2) is 0 Å². The summed E-state index contributed by atoms with van der Waals surface area (Å²) in [6.07, 6.45) is 0.964. The van der Waals surface area contributed by atoms with E-state index in [4.69, 9.17) is 4.74 Å². The molecule has 1 rings (SSSR count). The van der Waals surface area contributed by atoms with Gasteiger partial charge in [0.05, 0.1) is 12.7 Å². The molecule has 1 heterocycles. The normalized spacial score (nSPS) is 11.1. The van der Waals surface area contributed by atoms with Gasteiger partial charge in [-0.05, 0) is 12.3 Å². The third-order valence-electron chi connectivity index (χ3n) is 2.23. The second kappa shape index (κ2) is 5.68. The Hall–Kier alpha value is -1.32. The molecule has 0 saturated carbocycles. The number of aromatic nitrogens is 2. The van der Waals surface area contributed by atoms with Gasteiger partial charge in [0.2, 0.25) is 5.88 Å². The summed E-state index contributed by atoms with van der Waals surface area (Å²) in [7, 11) is 0. The molecule has 0 bridgehead atoms. The molecular formula is C12H20N2O2. The van der Waals surface area contributed by atoms with Gasteiger partial charge in [0.25, 0.3) is 5.56 Å². The van der Waals surface area contributed by atoms with Gasteiger partial charge in [-0.3, -0.25) is 4.79 Å². The molecule has 0 fully saturated rings. The number of aromatic amines is 1. The lowest BCUT2D eigenvalue weighted by Crippen LogP contribution is -2.13. The summed E-state index contributed by atoms with van der Waals surface area (Å²) in [6.45, 7) is 8.83. The van der Waals surface area contributed by atoms with Crippen LogP contribution in [0.25, 0.3) is 0 Å². The molecule has 0 saturated heterocycles. The van der Waals surface area contributed by atoms with Crippen molar-refractivity contribution in [1.29, 1.82) is 0 Å². The third kappa shape index (κ3) is 4.04. The van der Waals surface area contributed by atoms with Crippen LogP contribution in [0.5, 0.6) is 5.88 Å². The van der Waals surface area contributed by atoms with Crippen molar-refractivity contribution in [2.75, 3.05) is 6.61 Å². The first-order chi connectivity index (χ1) is 7.49. The fourth-order valence-corrected chi connectivity index (χ4v) is 1.20. The van der Waals surface area contributed by atoms with E-state index in [1.807, 2.05) is 13.8 Å². The minimum Gasteiger partial charge on any atom is -0.477 e. The fourth-order valence-electron chi connectivity index (χ4n) is 1.20. The zero-order valence-electron chi connectivity index (χ0n) is 10.4. The van der Waals surface area contributed by atoms with Crippen LogP contribution in [0.4, 0.5) is 0 Å². The van der Waals surface area contributed by atoms with Gasteiger partial charge in [0.1, 0.15) is 5.82 Å². The van der Waals surface area contributed by atoms with Crippen molar-refractivity contribution >= 4 is 0 Å². The van der Waals surface area contributed by atoms with Crippen LogP contribution in [-0.4, -0.2) is 16.6 Å². The Morgan fingerprint density at radius 2 is 2.06 bits per heavy atom. The summed E-state index contributed by atoms with van der Waals surface area (Å²) in [5, 5.41) is 0. The standard InChI is InChI=1S/C12H20N2O2/c1-8(2)5-6-16-11-7-10(15)13-12(14-11)9(3)4/h7-9H,5-6H2,1-4H3,(H,13,14,15). The van der Waals surface area contributed by atoms with E-state index < -0.39 is 0 Å². The Morgan fingerprint density at radius 1 is 1.38 bits per heavy atom. The lowest BCUT2D eigenvalue weighted by Gasteiger charge is -2.09. The number of ether oxygens (including phenoxy) is 1. The first kappa shape index (κ1) is 12.7. The highest BCUT2D eigenvalue weighted by Gasteiger charge is 2.06. The molecule has 0 spiro atoms. The molecule has 1 N–H and O–H groups in total. The molecule has 0 amide bonds. The Bertz CT molecular complexity index is 383. The summed E-state index contributed by atoms with van der Waals surface area (Å²) >= 11 is 0. The van der Waals surface area contributed by atoms with Gasteiger partial charge in [-0.1, -0.05) is 27.7 Å². The summed E-state index contributed by atoms with van der Waals surface area (Å²) in [6, 6.07) is 1.40. The molecule has 0 aliphatic carbocycles. The van der Waals surface area contributed by atoms with Crippen LogP contribution >= 0.6 is 0 Å². The molecule has 0 aliphatic heterocycles. The lowest BCUT2D eigenvalue weighted by atomic mass is 10.1. The van der Waals surface area contributed by atoms with Gasteiger partial charge in [-0.25, -0.2) is 0 Å². The maximum atomic E-state index is 11.3. The van der Waals surface area contributed by atoms with E-state index in [0.29, 0.717) is 24.2 Å². The summed E-state index contributed by atoms with van der Waals surface area (Å²) < 4.78 is 5.46. The summed E-state index contributed by atoms with van der Waals surface area (Å²) in [4.78, 5) is 18.3. The van der Waals surface area contributed by atoms with Crippen molar-refractivity contribution in [1.82, 2.24) is 9.97 Å².